The number of halogens is 1. The van der Waals surface area contributed by atoms with Crippen LogP contribution in [0.1, 0.15) is 25.3 Å². The lowest BCUT2D eigenvalue weighted by atomic mass is 10.2. The third kappa shape index (κ3) is 4.36. The number of amides is 2. The summed E-state index contributed by atoms with van der Waals surface area (Å²) in [6, 6.07) is 5.14. The highest BCUT2D eigenvalue weighted by Gasteiger charge is 2.34. The van der Waals surface area contributed by atoms with Crippen LogP contribution in [0.5, 0.6) is 0 Å². The van der Waals surface area contributed by atoms with Crippen LogP contribution in [0.25, 0.3) is 0 Å². The molecule has 0 saturated heterocycles. The number of hydrogen-bond donors (Lipinski definition) is 1. The smallest absolute Gasteiger partial charge is 0.325 e. The topological polar surface area (TPSA) is 58.6 Å². The number of anilines is 1. The summed E-state index contributed by atoms with van der Waals surface area (Å²) in [6.07, 6.45) is 1.84. The van der Waals surface area contributed by atoms with E-state index in [2.05, 4.69) is 5.32 Å². The van der Waals surface area contributed by atoms with Crippen molar-refractivity contribution in [2.45, 2.75) is 32.7 Å². The molecule has 114 valence electrons. The third-order valence-electron chi connectivity index (χ3n) is 3.28. The maximum atomic E-state index is 12.3. The SMILES string of the molecule is CCOC(=O)CN(C(=O)Nc1ccc(C)c(Cl)c1)C1CC1. The van der Waals surface area contributed by atoms with Crippen LogP contribution in [-0.4, -0.2) is 36.1 Å². The average molecular weight is 311 g/mol. The average Bonchev–Trinajstić information content (AvgIpc) is 3.25. The van der Waals surface area contributed by atoms with Gasteiger partial charge in [-0.3, -0.25) is 4.79 Å². The zero-order chi connectivity index (χ0) is 15.4. The molecule has 0 aliphatic heterocycles. The number of nitrogens with one attached hydrogen (secondary N) is 1. The van der Waals surface area contributed by atoms with E-state index in [1.165, 1.54) is 4.90 Å². The first-order valence-electron chi connectivity index (χ1n) is 7.00. The molecule has 5 nitrogen and oxygen atoms in total. The summed E-state index contributed by atoms with van der Waals surface area (Å²) >= 11 is 6.04. The zero-order valence-electron chi connectivity index (χ0n) is 12.2. The largest absolute Gasteiger partial charge is 0.465 e. The number of ether oxygens (including phenoxy) is 1. The number of benzene rings is 1. The predicted octanol–water partition coefficient (Wildman–Crippen LogP) is 3.21. The van der Waals surface area contributed by atoms with Crippen molar-refractivity contribution in [3.05, 3.63) is 28.8 Å². The molecule has 1 aromatic carbocycles. The van der Waals surface area contributed by atoms with E-state index in [9.17, 15) is 9.59 Å². The fourth-order valence-corrected chi connectivity index (χ4v) is 2.15. The Morgan fingerprint density at radius 2 is 2.14 bits per heavy atom. The number of rotatable bonds is 5. The Bertz CT molecular complexity index is 544. The van der Waals surface area contributed by atoms with Crippen molar-refractivity contribution in [2.75, 3.05) is 18.5 Å². The standard InChI is InChI=1S/C15H19ClN2O3/c1-3-21-14(19)9-18(12-6-7-12)15(20)17-11-5-4-10(2)13(16)8-11/h4-5,8,12H,3,6-7,9H2,1-2H3,(H,17,20). The minimum atomic E-state index is -0.388. The van der Waals surface area contributed by atoms with Gasteiger partial charge in [-0.1, -0.05) is 17.7 Å². The minimum Gasteiger partial charge on any atom is -0.465 e. The summed E-state index contributed by atoms with van der Waals surface area (Å²) in [7, 11) is 0. The van der Waals surface area contributed by atoms with Gasteiger partial charge in [0, 0.05) is 16.8 Å². The molecule has 1 saturated carbocycles. The maximum Gasteiger partial charge on any atom is 0.325 e. The molecule has 1 fully saturated rings. The van der Waals surface area contributed by atoms with Gasteiger partial charge in [0.1, 0.15) is 6.54 Å². The zero-order valence-corrected chi connectivity index (χ0v) is 12.9. The second-order valence-corrected chi connectivity index (χ2v) is 5.47. The van der Waals surface area contributed by atoms with Gasteiger partial charge in [-0.05, 0) is 44.4 Å². The lowest BCUT2D eigenvalue weighted by Gasteiger charge is -2.22. The molecule has 0 radical (unpaired) electrons. The lowest BCUT2D eigenvalue weighted by Crippen LogP contribution is -2.40. The van der Waals surface area contributed by atoms with Gasteiger partial charge < -0.3 is 15.0 Å². The number of nitrogens with zero attached hydrogens (tertiary/aromatic N) is 1. The molecule has 0 unspecified atom stereocenters. The maximum absolute atomic E-state index is 12.3. The highest BCUT2D eigenvalue weighted by Crippen LogP contribution is 2.28. The molecule has 0 aromatic heterocycles. The van der Waals surface area contributed by atoms with Gasteiger partial charge in [-0.25, -0.2) is 4.79 Å². The molecule has 1 aliphatic rings. The molecular weight excluding hydrogens is 292 g/mol. The Morgan fingerprint density at radius 1 is 1.43 bits per heavy atom. The summed E-state index contributed by atoms with van der Waals surface area (Å²) in [4.78, 5) is 25.4. The van der Waals surface area contributed by atoms with Crippen molar-refractivity contribution in [3.8, 4) is 0 Å². The van der Waals surface area contributed by atoms with Gasteiger partial charge in [0.25, 0.3) is 0 Å². The Balaban J connectivity index is 2.01. The van der Waals surface area contributed by atoms with Crippen LogP contribution in [0.2, 0.25) is 5.02 Å². The predicted molar refractivity (Wildman–Crippen MR) is 81.6 cm³/mol. The summed E-state index contributed by atoms with van der Waals surface area (Å²) in [5, 5.41) is 3.37. The summed E-state index contributed by atoms with van der Waals surface area (Å²) < 4.78 is 4.90. The van der Waals surface area contributed by atoms with Crippen molar-refractivity contribution in [3.63, 3.8) is 0 Å². The number of hydrogen-bond acceptors (Lipinski definition) is 3. The van der Waals surface area contributed by atoms with E-state index in [0.717, 1.165) is 18.4 Å². The second kappa shape index (κ2) is 6.80. The highest BCUT2D eigenvalue weighted by atomic mass is 35.5. The Labute approximate surface area is 129 Å². The molecule has 1 N–H and O–H groups in total. The van der Waals surface area contributed by atoms with Gasteiger partial charge in [-0.2, -0.15) is 0 Å². The molecule has 1 aliphatic carbocycles. The van der Waals surface area contributed by atoms with E-state index in [1.54, 1.807) is 19.1 Å². The van der Waals surface area contributed by atoms with E-state index in [-0.39, 0.29) is 24.6 Å². The Kier molecular flexibility index (Phi) is 5.07. The van der Waals surface area contributed by atoms with Crippen molar-refractivity contribution < 1.29 is 14.3 Å². The van der Waals surface area contributed by atoms with Crippen LogP contribution in [0.3, 0.4) is 0 Å². The van der Waals surface area contributed by atoms with Crippen molar-refractivity contribution in [1.82, 2.24) is 4.90 Å². The number of urea groups is 1. The molecule has 0 atom stereocenters. The summed E-state index contributed by atoms with van der Waals surface area (Å²) in [6.45, 7) is 3.93. The molecule has 2 rings (SSSR count). The van der Waals surface area contributed by atoms with E-state index in [4.69, 9.17) is 16.3 Å². The molecule has 0 bridgehead atoms. The first kappa shape index (κ1) is 15.6. The molecule has 1 aromatic rings. The van der Waals surface area contributed by atoms with Crippen LogP contribution in [-0.2, 0) is 9.53 Å². The van der Waals surface area contributed by atoms with Crippen LogP contribution in [0, 0.1) is 6.92 Å². The number of aryl methyl sites for hydroxylation is 1. The van der Waals surface area contributed by atoms with Gasteiger partial charge in [0.15, 0.2) is 0 Å². The first-order chi connectivity index (χ1) is 10.0. The molecule has 0 spiro atoms. The quantitative estimate of drug-likeness (QED) is 0.850. The van der Waals surface area contributed by atoms with Gasteiger partial charge >= 0.3 is 12.0 Å². The number of esters is 1. The molecule has 0 heterocycles. The van der Waals surface area contributed by atoms with Gasteiger partial charge in [-0.15, -0.1) is 0 Å². The van der Waals surface area contributed by atoms with Crippen molar-refractivity contribution >= 4 is 29.3 Å². The summed E-state index contributed by atoms with van der Waals surface area (Å²) in [5.74, 6) is -0.388. The van der Waals surface area contributed by atoms with E-state index in [1.807, 2.05) is 13.0 Å². The monoisotopic (exact) mass is 310 g/mol. The van der Waals surface area contributed by atoms with E-state index in [0.29, 0.717) is 17.3 Å². The Morgan fingerprint density at radius 3 is 2.71 bits per heavy atom. The fraction of sp³-hybridized carbons (Fsp3) is 0.467. The second-order valence-electron chi connectivity index (χ2n) is 5.06. The fourth-order valence-electron chi connectivity index (χ4n) is 1.96. The van der Waals surface area contributed by atoms with Crippen molar-refractivity contribution in [2.24, 2.45) is 0 Å². The minimum absolute atomic E-state index is 0.0239. The molecule has 21 heavy (non-hydrogen) atoms. The van der Waals surface area contributed by atoms with Crippen LogP contribution in [0.15, 0.2) is 18.2 Å². The molecular formula is C15H19ClN2O3. The normalized spacial score (nSPS) is 13.7. The highest BCUT2D eigenvalue weighted by molar-refractivity contribution is 6.31. The van der Waals surface area contributed by atoms with Crippen molar-refractivity contribution in [1.29, 1.82) is 0 Å². The van der Waals surface area contributed by atoms with Gasteiger partial charge in [0.05, 0.1) is 6.61 Å². The van der Waals surface area contributed by atoms with Crippen LogP contribution < -0.4 is 5.32 Å². The molecule has 6 heteroatoms. The molecule has 2 amide bonds. The summed E-state index contributed by atoms with van der Waals surface area (Å²) in [5.41, 5.74) is 1.56. The number of carbonyl (C=O) groups is 2. The van der Waals surface area contributed by atoms with Gasteiger partial charge in [0.2, 0.25) is 0 Å². The first-order valence-corrected chi connectivity index (χ1v) is 7.38. The van der Waals surface area contributed by atoms with Crippen LogP contribution >= 0.6 is 11.6 Å². The third-order valence-corrected chi connectivity index (χ3v) is 3.68. The van der Waals surface area contributed by atoms with E-state index >= 15 is 0 Å². The number of carbonyl (C=O) groups excluding carboxylic acids is 2. The van der Waals surface area contributed by atoms with Crippen LogP contribution in [0.4, 0.5) is 10.5 Å². The lowest BCUT2D eigenvalue weighted by molar-refractivity contribution is -0.143. The van der Waals surface area contributed by atoms with E-state index < -0.39 is 0 Å². The Hall–Kier alpha value is -1.75.